The lowest BCUT2D eigenvalue weighted by atomic mass is 10.3. The number of aromatic nitrogens is 2. The topological polar surface area (TPSA) is 83.4 Å². The summed E-state index contributed by atoms with van der Waals surface area (Å²) in [6.07, 6.45) is 4.52. The molecule has 6 nitrogen and oxygen atoms in total. The number of carboxylic acid groups (broad SMARTS) is 1. The number of rotatable bonds is 6. The summed E-state index contributed by atoms with van der Waals surface area (Å²) in [4.78, 5) is 31.9. The molecule has 0 radical (unpaired) electrons. The third-order valence-electron chi connectivity index (χ3n) is 2.07. The van der Waals surface area contributed by atoms with Gasteiger partial charge in [-0.15, -0.1) is 6.58 Å². The van der Waals surface area contributed by atoms with Crippen molar-refractivity contribution in [3.63, 3.8) is 0 Å². The fourth-order valence-electron chi connectivity index (χ4n) is 1.29. The molecule has 0 aliphatic heterocycles. The molecule has 102 valence electrons. The lowest BCUT2D eigenvalue weighted by Gasteiger charge is -2.18. The Morgan fingerprint density at radius 2 is 2.32 bits per heavy atom. The van der Waals surface area contributed by atoms with E-state index >= 15 is 0 Å². The summed E-state index contributed by atoms with van der Waals surface area (Å²) < 4.78 is 0. The van der Waals surface area contributed by atoms with Crippen molar-refractivity contribution in [2.75, 3.05) is 19.3 Å². The average Bonchev–Trinajstić information content (AvgIpc) is 2.37. The molecule has 0 saturated heterocycles. The number of hydrogen-bond acceptors (Lipinski definition) is 5. The summed E-state index contributed by atoms with van der Waals surface area (Å²) in [5.74, 6) is -1.68. The standard InChI is InChI=1S/C11H12ClN3O3S/c1-3-4-15(6-8(16)17)10(18)9-7(12)5-13-11(14-9)19-2/h3,5H,1,4,6H2,2H3,(H,16,17). The van der Waals surface area contributed by atoms with Crippen molar-refractivity contribution < 1.29 is 14.7 Å². The van der Waals surface area contributed by atoms with Gasteiger partial charge in [-0.25, -0.2) is 9.97 Å². The van der Waals surface area contributed by atoms with Crippen LogP contribution in [0.5, 0.6) is 0 Å². The van der Waals surface area contributed by atoms with E-state index in [4.69, 9.17) is 16.7 Å². The molecule has 0 spiro atoms. The number of halogens is 1. The van der Waals surface area contributed by atoms with E-state index in [1.54, 1.807) is 6.26 Å². The second-order valence-corrected chi connectivity index (χ2v) is 4.60. The van der Waals surface area contributed by atoms with Crippen molar-refractivity contribution in [3.8, 4) is 0 Å². The van der Waals surface area contributed by atoms with Crippen LogP contribution in [-0.2, 0) is 4.79 Å². The number of nitrogens with zero attached hydrogens (tertiary/aromatic N) is 3. The lowest BCUT2D eigenvalue weighted by Crippen LogP contribution is -2.36. The second kappa shape index (κ2) is 7.10. The molecule has 1 amide bonds. The van der Waals surface area contributed by atoms with Crippen LogP contribution in [0.15, 0.2) is 24.0 Å². The summed E-state index contributed by atoms with van der Waals surface area (Å²) in [5, 5.41) is 9.25. The molecular weight excluding hydrogens is 290 g/mol. The molecule has 0 unspecified atom stereocenters. The first-order valence-electron chi connectivity index (χ1n) is 5.18. The van der Waals surface area contributed by atoms with Crippen LogP contribution < -0.4 is 0 Å². The summed E-state index contributed by atoms with van der Waals surface area (Å²) in [6.45, 7) is 3.14. The molecule has 8 heteroatoms. The van der Waals surface area contributed by atoms with Gasteiger partial charge < -0.3 is 10.0 Å². The zero-order chi connectivity index (χ0) is 14.4. The highest BCUT2D eigenvalue weighted by molar-refractivity contribution is 7.98. The molecule has 1 heterocycles. The van der Waals surface area contributed by atoms with Crippen LogP contribution in [0, 0.1) is 0 Å². The number of thioether (sulfide) groups is 1. The SMILES string of the molecule is C=CCN(CC(=O)O)C(=O)c1nc(SC)ncc1Cl. The van der Waals surface area contributed by atoms with Gasteiger partial charge in [0.1, 0.15) is 6.54 Å². The third-order valence-corrected chi connectivity index (χ3v) is 2.91. The van der Waals surface area contributed by atoms with Crippen molar-refractivity contribution in [1.29, 1.82) is 0 Å². The molecule has 19 heavy (non-hydrogen) atoms. The Kier molecular flexibility index (Phi) is 5.78. The maximum absolute atomic E-state index is 12.2. The highest BCUT2D eigenvalue weighted by Gasteiger charge is 2.22. The van der Waals surface area contributed by atoms with Gasteiger partial charge in [-0.05, 0) is 6.26 Å². The third kappa shape index (κ3) is 4.22. The minimum absolute atomic E-state index is 0.0101. The van der Waals surface area contributed by atoms with Gasteiger partial charge in [-0.3, -0.25) is 9.59 Å². The second-order valence-electron chi connectivity index (χ2n) is 3.42. The number of amides is 1. The highest BCUT2D eigenvalue weighted by Crippen LogP contribution is 2.18. The zero-order valence-corrected chi connectivity index (χ0v) is 11.7. The number of hydrogen-bond donors (Lipinski definition) is 1. The van der Waals surface area contributed by atoms with Gasteiger partial charge in [-0.2, -0.15) is 0 Å². The Balaban J connectivity index is 3.07. The Hall–Kier alpha value is -1.60. The number of aliphatic carboxylic acids is 1. The maximum Gasteiger partial charge on any atom is 0.323 e. The molecule has 0 aromatic carbocycles. The quantitative estimate of drug-likeness (QED) is 0.488. The van der Waals surface area contributed by atoms with Crippen molar-refractivity contribution in [2.45, 2.75) is 5.16 Å². The lowest BCUT2D eigenvalue weighted by molar-refractivity contribution is -0.137. The first kappa shape index (κ1) is 15.5. The first-order chi connectivity index (χ1) is 8.99. The molecule has 1 aromatic heterocycles. The highest BCUT2D eigenvalue weighted by atomic mass is 35.5. The van der Waals surface area contributed by atoms with E-state index < -0.39 is 18.4 Å². The van der Waals surface area contributed by atoms with Crippen LogP contribution in [0.4, 0.5) is 0 Å². The maximum atomic E-state index is 12.2. The van der Waals surface area contributed by atoms with Crippen LogP contribution in [-0.4, -0.2) is 51.2 Å². The van der Waals surface area contributed by atoms with E-state index in [9.17, 15) is 9.59 Å². The molecule has 1 rings (SSSR count). The van der Waals surface area contributed by atoms with Gasteiger partial charge in [0.05, 0.1) is 11.2 Å². The molecule has 0 bridgehead atoms. The normalized spacial score (nSPS) is 10.0. The molecular formula is C11H12ClN3O3S. The predicted molar refractivity (Wildman–Crippen MR) is 72.6 cm³/mol. The fourth-order valence-corrected chi connectivity index (χ4v) is 1.80. The fraction of sp³-hybridized carbons (Fsp3) is 0.273. The minimum Gasteiger partial charge on any atom is -0.480 e. The van der Waals surface area contributed by atoms with Crippen LogP contribution in [0.2, 0.25) is 5.02 Å². The van der Waals surface area contributed by atoms with E-state index in [1.807, 2.05) is 0 Å². The van der Waals surface area contributed by atoms with Gasteiger partial charge in [0.25, 0.3) is 5.91 Å². The van der Waals surface area contributed by atoms with Crippen molar-refractivity contribution in [3.05, 3.63) is 29.6 Å². The van der Waals surface area contributed by atoms with E-state index in [-0.39, 0.29) is 17.3 Å². The molecule has 1 aromatic rings. The van der Waals surface area contributed by atoms with E-state index in [0.717, 1.165) is 4.90 Å². The van der Waals surface area contributed by atoms with E-state index in [0.29, 0.717) is 5.16 Å². The van der Waals surface area contributed by atoms with Crippen molar-refractivity contribution in [1.82, 2.24) is 14.9 Å². The molecule has 0 aliphatic rings. The monoisotopic (exact) mass is 301 g/mol. The number of carbonyl (C=O) groups is 2. The number of carbonyl (C=O) groups excluding carboxylic acids is 1. The Bertz CT molecular complexity index is 510. The van der Waals surface area contributed by atoms with Crippen LogP contribution in [0.3, 0.4) is 0 Å². The smallest absolute Gasteiger partial charge is 0.323 e. The first-order valence-corrected chi connectivity index (χ1v) is 6.78. The Labute approximate surface area is 119 Å². The molecule has 0 fully saturated rings. The average molecular weight is 302 g/mol. The van der Waals surface area contributed by atoms with E-state index in [2.05, 4.69) is 16.5 Å². The molecule has 0 aliphatic carbocycles. The summed E-state index contributed by atoms with van der Waals surface area (Å²) in [7, 11) is 0. The van der Waals surface area contributed by atoms with Gasteiger partial charge in [0.15, 0.2) is 10.9 Å². The van der Waals surface area contributed by atoms with Crippen LogP contribution in [0.1, 0.15) is 10.5 Å². The van der Waals surface area contributed by atoms with E-state index in [1.165, 1.54) is 24.0 Å². The summed E-state index contributed by atoms with van der Waals surface area (Å²) in [6, 6.07) is 0. The van der Waals surface area contributed by atoms with Gasteiger partial charge in [0.2, 0.25) is 0 Å². The van der Waals surface area contributed by atoms with Crippen LogP contribution in [0.25, 0.3) is 0 Å². The van der Waals surface area contributed by atoms with Gasteiger partial charge in [0, 0.05) is 6.54 Å². The van der Waals surface area contributed by atoms with Gasteiger partial charge >= 0.3 is 5.97 Å². The molecule has 0 saturated carbocycles. The van der Waals surface area contributed by atoms with Crippen LogP contribution >= 0.6 is 23.4 Å². The summed E-state index contributed by atoms with van der Waals surface area (Å²) in [5.41, 5.74) is -0.0101. The van der Waals surface area contributed by atoms with Crippen molar-refractivity contribution >= 4 is 35.2 Å². The van der Waals surface area contributed by atoms with Gasteiger partial charge in [-0.1, -0.05) is 29.4 Å². The largest absolute Gasteiger partial charge is 0.480 e. The zero-order valence-electron chi connectivity index (χ0n) is 10.2. The predicted octanol–water partition coefficient (Wildman–Crippen LogP) is 1.56. The summed E-state index contributed by atoms with van der Waals surface area (Å²) >= 11 is 7.13. The number of carboxylic acids is 1. The Morgan fingerprint density at radius 3 is 2.84 bits per heavy atom. The minimum atomic E-state index is -1.12. The Morgan fingerprint density at radius 1 is 1.63 bits per heavy atom. The molecule has 1 N–H and O–H groups in total. The molecule has 0 atom stereocenters. The van der Waals surface area contributed by atoms with Crippen molar-refractivity contribution in [2.24, 2.45) is 0 Å².